The Hall–Kier alpha value is -3.56. The molecule has 0 spiro atoms. The van der Waals surface area contributed by atoms with E-state index in [1.165, 1.54) is 0 Å². The summed E-state index contributed by atoms with van der Waals surface area (Å²) in [5.41, 5.74) is 0.447. The van der Waals surface area contributed by atoms with Crippen molar-refractivity contribution < 1.29 is 37.4 Å². The van der Waals surface area contributed by atoms with Crippen LogP contribution in [0.15, 0.2) is 48.5 Å². The van der Waals surface area contributed by atoms with Crippen LogP contribution in [0.4, 0.5) is 18.0 Å². The zero-order chi connectivity index (χ0) is 24.7. The molecular formula is C24H23F3N2O5. The number of benzene rings is 2. The maximum Gasteiger partial charge on any atom is 0.420 e. The van der Waals surface area contributed by atoms with Crippen molar-refractivity contribution in [1.29, 1.82) is 0 Å². The first-order valence-electron chi connectivity index (χ1n) is 10.7. The lowest BCUT2D eigenvalue weighted by Crippen LogP contribution is -2.65. The number of amides is 2. The van der Waals surface area contributed by atoms with Crippen LogP contribution in [0.3, 0.4) is 0 Å². The van der Waals surface area contributed by atoms with E-state index in [1.807, 2.05) is 48.5 Å². The molecule has 7 nitrogen and oxygen atoms in total. The molecule has 2 aromatic carbocycles. The van der Waals surface area contributed by atoms with Crippen LogP contribution in [-0.4, -0.2) is 59.4 Å². The van der Waals surface area contributed by atoms with Crippen LogP contribution in [0.2, 0.25) is 0 Å². The third kappa shape index (κ3) is 4.08. The predicted octanol–water partition coefficient (Wildman–Crippen LogP) is 3.78. The molecule has 0 aromatic heterocycles. The van der Waals surface area contributed by atoms with Crippen molar-refractivity contribution in [3.8, 4) is 11.1 Å². The second kappa shape index (κ2) is 8.66. The Balaban J connectivity index is 1.48. The van der Waals surface area contributed by atoms with Crippen LogP contribution in [-0.2, 0) is 14.3 Å². The molecule has 0 radical (unpaired) electrons. The highest BCUT2D eigenvalue weighted by atomic mass is 19.4. The van der Waals surface area contributed by atoms with Crippen LogP contribution in [0.1, 0.15) is 30.4 Å². The first-order valence-corrected chi connectivity index (χ1v) is 10.7. The Morgan fingerprint density at radius 2 is 1.62 bits per heavy atom. The van der Waals surface area contributed by atoms with E-state index in [1.54, 1.807) is 5.32 Å². The van der Waals surface area contributed by atoms with Crippen LogP contribution in [0.5, 0.6) is 0 Å². The summed E-state index contributed by atoms with van der Waals surface area (Å²) in [7, 11) is 0. The van der Waals surface area contributed by atoms with Gasteiger partial charge >= 0.3 is 18.2 Å². The number of carboxylic acids is 1. The largest absolute Gasteiger partial charge is 0.481 e. The molecule has 0 saturated carbocycles. The van der Waals surface area contributed by atoms with Crippen molar-refractivity contribution in [1.82, 2.24) is 10.2 Å². The number of rotatable bonds is 5. The number of fused-ring (bicyclic) bond motifs is 3. The van der Waals surface area contributed by atoms with E-state index in [9.17, 15) is 27.6 Å². The molecule has 2 unspecified atom stereocenters. The molecule has 34 heavy (non-hydrogen) atoms. The first kappa shape index (κ1) is 23.6. The number of carbonyl (C=O) groups excluding carboxylic acids is 2. The third-order valence-electron chi connectivity index (χ3n) is 6.52. The summed E-state index contributed by atoms with van der Waals surface area (Å²) in [6.45, 7) is -0.155. The SMILES string of the molecule is CC(NC(=O)OCC1c2ccccc2-c2ccccc21)(C(=O)N1CCC(C(=O)O)C1)C(F)(F)F. The second-order valence-electron chi connectivity index (χ2n) is 8.65. The minimum absolute atomic E-state index is 0.0416. The summed E-state index contributed by atoms with van der Waals surface area (Å²) in [4.78, 5) is 37.2. The fraction of sp³-hybridized carbons (Fsp3) is 0.375. The van der Waals surface area contributed by atoms with Crippen molar-refractivity contribution in [2.75, 3.05) is 19.7 Å². The number of alkyl halides is 3. The van der Waals surface area contributed by atoms with E-state index in [0.29, 0.717) is 6.92 Å². The van der Waals surface area contributed by atoms with E-state index < -0.39 is 35.6 Å². The Bertz CT molecular complexity index is 1090. The second-order valence-corrected chi connectivity index (χ2v) is 8.65. The van der Waals surface area contributed by atoms with Crippen molar-refractivity contribution >= 4 is 18.0 Å². The summed E-state index contributed by atoms with van der Waals surface area (Å²) in [5, 5.41) is 10.8. The molecule has 1 saturated heterocycles. The fourth-order valence-electron chi connectivity index (χ4n) is 4.55. The summed E-state index contributed by atoms with van der Waals surface area (Å²) in [6, 6.07) is 15.0. The van der Waals surface area contributed by atoms with Gasteiger partial charge in [0.15, 0.2) is 0 Å². The number of hydrogen-bond donors (Lipinski definition) is 2. The first-order chi connectivity index (χ1) is 16.0. The third-order valence-corrected chi connectivity index (χ3v) is 6.52. The lowest BCUT2D eigenvalue weighted by Gasteiger charge is -2.34. The van der Waals surface area contributed by atoms with E-state index in [0.717, 1.165) is 27.2 Å². The number of carboxylic acid groups (broad SMARTS) is 1. The van der Waals surface area contributed by atoms with Gasteiger partial charge in [-0.15, -0.1) is 0 Å². The van der Waals surface area contributed by atoms with Gasteiger partial charge in [-0.1, -0.05) is 48.5 Å². The topological polar surface area (TPSA) is 95.9 Å². The van der Waals surface area contributed by atoms with Crippen molar-refractivity contribution in [3.05, 3.63) is 59.7 Å². The molecule has 1 aliphatic heterocycles. The number of nitrogens with zero attached hydrogens (tertiary/aromatic N) is 1. The molecule has 1 fully saturated rings. The Morgan fingerprint density at radius 3 is 2.12 bits per heavy atom. The molecular weight excluding hydrogens is 453 g/mol. The van der Waals surface area contributed by atoms with Gasteiger partial charge in [-0.3, -0.25) is 14.9 Å². The minimum Gasteiger partial charge on any atom is -0.481 e. The van der Waals surface area contributed by atoms with E-state index >= 15 is 0 Å². The quantitative estimate of drug-likeness (QED) is 0.685. The van der Waals surface area contributed by atoms with Crippen LogP contribution in [0.25, 0.3) is 11.1 Å². The molecule has 4 rings (SSSR count). The predicted molar refractivity (Wildman–Crippen MR) is 115 cm³/mol. The molecule has 1 heterocycles. The summed E-state index contributed by atoms with van der Waals surface area (Å²) < 4.78 is 47.0. The summed E-state index contributed by atoms with van der Waals surface area (Å²) in [5.74, 6) is -3.91. The Morgan fingerprint density at radius 1 is 1.06 bits per heavy atom. The minimum atomic E-state index is -5.13. The molecule has 2 amide bonds. The van der Waals surface area contributed by atoms with Crippen molar-refractivity contribution in [3.63, 3.8) is 0 Å². The summed E-state index contributed by atoms with van der Waals surface area (Å²) in [6.07, 6.45) is -6.47. The van der Waals surface area contributed by atoms with Crippen LogP contribution >= 0.6 is 0 Å². The lowest BCUT2D eigenvalue weighted by molar-refractivity contribution is -0.199. The number of carbonyl (C=O) groups is 3. The van der Waals surface area contributed by atoms with E-state index in [2.05, 4.69) is 0 Å². The molecule has 2 aromatic rings. The van der Waals surface area contributed by atoms with Gasteiger partial charge in [0.25, 0.3) is 5.91 Å². The number of alkyl carbamates (subject to hydrolysis) is 1. The van der Waals surface area contributed by atoms with Gasteiger partial charge < -0.3 is 14.7 Å². The highest BCUT2D eigenvalue weighted by Gasteiger charge is 2.60. The zero-order valence-electron chi connectivity index (χ0n) is 18.3. The average molecular weight is 476 g/mol. The number of nitrogens with one attached hydrogen (secondary N) is 1. The molecule has 2 atom stereocenters. The number of likely N-dealkylation sites (tertiary alicyclic amines) is 1. The maximum absolute atomic E-state index is 13.9. The van der Waals surface area contributed by atoms with Gasteiger partial charge in [0.2, 0.25) is 5.54 Å². The Kier molecular flexibility index (Phi) is 6.01. The van der Waals surface area contributed by atoms with Gasteiger partial charge in [0, 0.05) is 19.0 Å². The van der Waals surface area contributed by atoms with Gasteiger partial charge in [-0.05, 0) is 35.6 Å². The van der Waals surface area contributed by atoms with Gasteiger partial charge in [-0.25, -0.2) is 4.79 Å². The highest BCUT2D eigenvalue weighted by molar-refractivity contribution is 5.91. The molecule has 10 heteroatoms. The average Bonchev–Trinajstić information content (AvgIpc) is 3.40. The van der Waals surface area contributed by atoms with E-state index in [4.69, 9.17) is 9.84 Å². The standard InChI is InChI=1S/C24H23F3N2O5/c1-23(24(25,26)27,21(32)29-11-10-14(12-29)20(30)31)28-22(33)34-13-19-17-8-4-2-6-15(17)16-7-3-5-9-18(16)19/h2-9,14,19H,10-13H2,1H3,(H,28,33)(H,30,31). The van der Waals surface area contributed by atoms with E-state index in [-0.39, 0.29) is 32.0 Å². The normalized spacial score (nSPS) is 19.2. The molecule has 0 bridgehead atoms. The van der Waals surface area contributed by atoms with Gasteiger partial charge in [-0.2, -0.15) is 13.2 Å². The van der Waals surface area contributed by atoms with Crippen LogP contribution in [0, 0.1) is 5.92 Å². The molecule has 2 N–H and O–H groups in total. The van der Waals surface area contributed by atoms with Gasteiger partial charge in [0.1, 0.15) is 6.61 Å². The highest BCUT2D eigenvalue weighted by Crippen LogP contribution is 2.44. The summed E-state index contributed by atoms with van der Waals surface area (Å²) >= 11 is 0. The molecule has 180 valence electrons. The van der Waals surface area contributed by atoms with Crippen LogP contribution < -0.4 is 5.32 Å². The smallest absolute Gasteiger partial charge is 0.420 e. The Labute approximate surface area is 193 Å². The van der Waals surface area contributed by atoms with Gasteiger partial charge in [0.05, 0.1) is 5.92 Å². The number of aliphatic carboxylic acids is 1. The van der Waals surface area contributed by atoms with Crippen molar-refractivity contribution in [2.45, 2.75) is 31.0 Å². The fourth-order valence-corrected chi connectivity index (χ4v) is 4.55. The zero-order valence-corrected chi connectivity index (χ0v) is 18.3. The molecule has 2 aliphatic rings. The maximum atomic E-state index is 13.9. The number of halogens is 3. The number of ether oxygens (including phenoxy) is 1. The molecule has 1 aliphatic carbocycles. The monoisotopic (exact) mass is 476 g/mol. The van der Waals surface area contributed by atoms with Crippen molar-refractivity contribution in [2.24, 2.45) is 5.92 Å². The lowest BCUT2D eigenvalue weighted by atomic mass is 9.98. The number of hydrogen-bond acceptors (Lipinski definition) is 4.